The van der Waals surface area contributed by atoms with Crippen molar-refractivity contribution >= 4 is 11.3 Å². The Morgan fingerprint density at radius 3 is 2.10 bits per heavy atom. The van der Waals surface area contributed by atoms with Crippen molar-refractivity contribution in [3.05, 3.63) is 15.6 Å². The molecule has 1 heterocycles. The van der Waals surface area contributed by atoms with Gasteiger partial charge in [0.2, 0.25) is 0 Å². The van der Waals surface area contributed by atoms with Crippen LogP contribution < -0.4 is 0 Å². The zero-order valence-electron chi connectivity index (χ0n) is 6.93. The molecule has 56 valence electrons. The molecule has 0 bridgehead atoms. The Bertz CT molecular complexity index is 206. The molecule has 0 N–H and O–H groups in total. The summed E-state index contributed by atoms with van der Waals surface area (Å²) < 4.78 is 0. The van der Waals surface area contributed by atoms with E-state index in [1.807, 2.05) is 11.3 Å². The second kappa shape index (κ2) is 2.70. The number of thiazole rings is 1. The summed E-state index contributed by atoms with van der Waals surface area (Å²) >= 11 is 1.81. The van der Waals surface area contributed by atoms with Crippen molar-refractivity contribution in [3.63, 3.8) is 0 Å². The Morgan fingerprint density at radius 1 is 1.30 bits per heavy atom. The first-order valence-corrected chi connectivity index (χ1v) is 4.37. The Balaban J connectivity index is 2.98. The van der Waals surface area contributed by atoms with Crippen molar-refractivity contribution in [2.45, 2.75) is 33.6 Å². The van der Waals surface area contributed by atoms with Crippen LogP contribution >= 0.6 is 11.3 Å². The van der Waals surface area contributed by atoms with Gasteiger partial charge in [-0.1, -0.05) is 13.8 Å². The van der Waals surface area contributed by atoms with Crippen LogP contribution in [0.4, 0.5) is 0 Å². The first kappa shape index (κ1) is 7.73. The Kier molecular flexibility index (Phi) is 2.09. The van der Waals surface area contributed by atoms with Crippen LogP contribution in [0.3, 0.4) is 0 Å². The van der Waals surface area contributed by atoms with E-state index in [1.165, 1.54) is 15.6 Å². The largest absolute Gasteiger partial charge is 0.246 e. The molecule has 0 amide bonds. The predicted molar refractivity (Wildman–Crippen MR) is 45.7 cm³/mol. The highest BCUT2D eigenvalue weighted by molar-refractivity contribution is 7.11. The van der Waals surface area contributed by atoms with E-state index in [9.17, 15) is 0 Å². The quantitative estimate of drug-likeness (QED) is 0.607. The second-order valence-electron chi connectivity index (χ2n) is 2.85. The molecule has 0 saturated carbocycles. The lowest BCUT2D eigenvalue weighted by Gasteiger charge is -1.94. The SMILES string of the molecule is Cc1nc(C(C)C)sc1C. The average Bonchev–Trinajstić information content (AvgIpc) is 2.13. The molecule has 0 unspecified atom stereocenters. The lowest BCUT2D eigenvalue weighted by atomic mass is 10.2. The number of hydrogen-bond acceptors (Lipinski definition) is 2. The molecule has 0 saturated heterocycles. The molecule has 1 aromatic rings. The number of nitrogens with zero attached hydrogens (tertiary/aromatic N) is 1. The Morgan fingerprint density at radius 2 is 1.90 bits per heavy atom. The number of rotatable bonds is 1. The molecule has 0 aliphatic carbocycles. The average molecular weight is 155 g/mol. The highest BCUT2D eigenvalue weighted by atomic mass is 32.1. The van der Waals surface area contributed by atoms with Crippen LogP contribution in [0.5, 0.6) is 0 Å². The van der Waals surface area contributed by atoms with Gasteiger partial charge in [0.1, 0.15) is 0 Å². The van der Waals surface area contributed by atoms with Crippen LogP contribution in [0.1, 0.15) is 35.3 Å². The lowest BCUT2D eigenvalue weighted by molar-refractivity contribution is 0.847. The third kappa shape index (κ3) is 1.37. The summed E-state index contributed by atoms with van der Waals surface area (Å²) in [4.78, 5) is 5.78. The van der Waals surface area contributed by atoms with E-state index in [1.54, 1.807) is 0 Å². The van der Waals surface area contributed by atoms with Gasteiger partial charge in [-0.25, -0.2) is 4.98 Å². The third-order valence-electron chi connectivity index (χ3n) is 1.54. The maximum Gasteiger partial charge on any atom is 0.0956 e. The molecule has 1 aromatic heterocycles. The molecular formula is C8H13NS. The molecule has 0 aliphatic heterocycles. The molecule has 10 heavy (non-hydrogen) atoms. The maximum atomic E-state index is 4.43. The summed E-state index contributed by atoms with van der Waals surface area (Å²) in [5, 5.41) is 1.26. The summed E-state index contributed by atoms with van der Waals surface area (Å²) in [6.45, 7) is 8.55. The minimum atomic E-state index is 0.581. The van der Waals surface area contributed by atoms with E-state index >= 15 is 0 Å². The first-order chi connectivity index (χ1) is 4.61. The zero-order chi connectivity index (χ0) is 7.72. The molecule has 0 aliphatic rings. The van der Waals surface area contributed by atoms with Gasteiger partial charge in [0, 0.05) is 10.8 Å². The van der Waals surface area contributed by atoms with Gasteiger partial charge in [0.15, 0.2) is 0 Å². The summed E-state index contributed by atoms with van der Waals surface area (Å²) in [6.07, 6.45) is 0. The van der Waals surface area contributed by atoms with Crippen LogP contribution in [-0.2, 0) is 0 Å². The van der Waals surface area contributed by atoms with E-state index in [4.69, 9.17) is 0 Å². The number of hydrogen-bond donors (Lipinski definition) is 0. The topological polar surface area (TPSA) is 12.9 Å². The van der Waals surface area contributed by atoms with Crippen molar-refractivity contribution in [3.8, 4) is 0 Å². The lowest BCUT2D eigenvalue weighted by Crippen LogP contribution is -1.84. The van der Waals surface area contributed by atoms with Crippen molar-refractivity contribution < 1.29 is 0 Å². The minimum absolute atomic E-state index is 0.581. The van der Waals surface area contributed by atoms with Crippen LogP contribution in [0.15, 0.2) is 0 Å². The fourth-order valence-corrected chi connectivity index (χ4v) is 1.67. The number of aryl methyl sites for hydroxylation is 2. The summed E-state index contributed by atoms with van der Waals surface area (Å²) in [5.74, 6) is 0.581. The summed E-state index contributed by atoms with van der Waals surface area (Å²) in [5.41, 5.74) is 1.19. The maximum absolute atomic E-state index is 4.43. The van der Waals surface area contributed by atoms with Crippen LogP contribution in [-0.4, -0.2) is 4.98 Å². The monoisotopic (exact) mass is 155 g/mol. The van der Waals surface area contributed by atoms with Gasteiger partial charge >= 0.3 is 0 Å². The molecule has 2 heteroatoms. The van der Waals surface area contributed by atoms with Crippen LogP contribution in [0.2, 0.25) is 0 Å². The molecule has 0 atom stereocenters. The van der Waals surface area contributed by atoms with Crippen LogP contribution in [0.25, 0.3) is 0 Å². The van der Waals surface area contributed by atoms with Gasteiger partial charge in [-0.05, 0) is 13.8 Å². The van der Waals surface area contributed by atoms with Gasteiger partial charge in [0.05, 0.1) is 10.7 Å². The summed E-state index contributed by atoms with van der Waals surface area (Å²) in [6, 6.07) is 0. The van der Waals surface area contributed by atoms with E-state index in [-0.39, 0.29) is 0 Å². The summed E-state index contributed by atoms with van der Waals surface area (Å²) in [7, 11) is 0. The van der Waals surface area contributed by atoms with Crippen LogP contribution in [0, 0.1) is 13.8 Å². The normalized spacial score (nSPS) is 10.9. The van der Waals surface area contributed by atoms with E-state index in [0.29, 0.717) is 5.92 Å². The van der Waals surface area contributed by atoms with Gasteiger partial charge in [-0.15, -0.1) is 11.3 Å². The fourth-order valence-electron chi connectivity index (χ4n) is 0.744. The molecule has 0 radical (unpaired) electrons. The van der Waals surface area contributed by atoms with Gasteiger partial charge in [-0.3, -0.25) is 0 Å². The van der Waals surface area contributed by atoms with Gasteiger partial charge in [0.25, 0.3) is 0 Å². The van der Waals surface area contributed by atoms with Gasteiger partial charge in [-0.2, -0.15) is 0 Å². The molecular weight excluding hydrogens is 142 g/mol. The predicted octanol–water partition coefficient (Wildman–Crippen LogP) is 2.88. The highest BCUT2D eigenvalue weighted by Crippen LogP contribution is 2.22. The molecule has 1 nitrogen and oxygen atoms in total. The minimum Gasteiger partial charge on any atom is -0.246 e. The Hall–Kier alpha value is -0.370. The molecule has 0 spiro atoms. The molecule has 0 fully saturated rings. The third-order valence-corrected chi connectivity index (χ3v) is 2.91. The smallest absolute Gasteiger partial charge is 0.0956 e. The van der Waals surface area contributed by atoms with Crippen molar-refractivity contribution in [1.82, 2.24) is 4.98 Å². The van der Waals surface area contributed by atoms with Gasteiger partial charge < -0.3 is 0 Å². The van der Waals surface area contributed by atoms with E-state index in [0.717, 1.165) is 0 Å². The van der Waals surface area contributed by atoms with E-state index in [2.05, 4.69) is 32.7 Å². The number of aromatic nitrogens is 1. The van der Waals surface area contributed by atoms with Crippen molar-refractivity contribution in [1.29, 1.82) is 0 Å². The second-order valence-corrected chi connectivity index (χ2v) is 4.08. The van der Waals surface area contributed by atoms with E-state index < -0.39 is 0 Å². The Labute approximate surface area is 66.1 Å². The van der Waals surface area contributed by atoms with Crippen molar-refractivity contribution in [2.24, 2.45) is 0 Å². The highest BCUT2D eigenvalue weighted by Gasteiger charge is 2.05. The molecule has 0 aromatic carbocycles. The zero-order valence-corrected chi connectivity index (χ0v) is 7.75. The standard InChI is InChI=1S/C8H13NS/c1-5(2)8-9-6(3)7(4)10-8/h5H,1-4H3. The fraction of sp³-hybridized carbons (Fsp3) is 0.625. The molecule has 1 rings (SSSR count). The van der Waals surface area contributed by atoms with Crippen molar-refractivity contribution in [2.75, 3.05) is 0 Å². The first-order valence-electron chi connectivity index (χ1n) is 3.55.